The van der Waals surface area contributed by atoms with Gasteiger partial charge < -0.3 is 9.73 Å². The molecular formula is C13H22N2O. The highest BCUT2D eigenvalue weighted by Gasteiger charge is 2.20. The lowest BCUT2D eigenvalue weighted by atomic mass is 9.83. The number of aromatic nitrogens is 1. The van der Waals surface area contributed by atoms with E-state index in [0.717, 1.165) is 18.2 Å². The Morgan fingerprint density at radius 3 is 2.81 bits per heavy atom. The van der Waals surface area contributed by atoms with Crippen molar-refractivity contribution in [1.82, 2.24) is 10.3 Å². The first-order chi connectivity index (χ1) is 7.88. The van der Waals surface area contributed by atoms with E-state index in [-0.39, 0.29) is 0 Å². The second-order valence-electron chi connectivity index (χ2n) is 4.85. The third-order valence-corrected chi connectivity index (χ3v) is 3.59. The van der Waals surface area contributed by atoms with Gasteiger partial charge in [0.25, 0.3) is 0 Å². The van der Waals surface area contributed by atoms with Crippen LogP contribution in [0.25, 0.3) is 0 Å². The molecule has 1 fully saturated rings. The van der Waals surface area contributed by atoms with Crippen molar-refractivity contribution >= 4 is 0 Å². The fraction of sp³-hybridized carbons (Fsp3) is 0.769. The maximum absolute atomic E-state index is 5.21. The van der Waals surface area contributed by atoms with E-state index in [1.54, 1.807) is 6.20 Å². The molecule has 0 aliphatic heterocycles. The number of hydrogen-bond acceptors (Lipinski definition) is 3. The van der Waals surface area contributed by atoms with Crippen molar-refractivity contribution in [2.45, 2.75) is 58.0 Å². The summed E-state index contributed by atoms with van der Waals surface area (Å²) in [6.07, 6.45) is 11.4. The summed E-state index contributed by atoms with van der Waals surface area (Å²) in [6, 6.07) is 0.679. The molecule has 0 spiro atoms. The van der Waals surface area contributed by atoms with Gasteiger partial charge in [0.15, 0.2) is 6.39 Å². The normalized spacial score (nSPS) is 25.8. The summed E-state index contributed by atoms with van der Waals surface area (Å²) in [6.45, 7) is 3.11. The highest BCUT2D eigenvalue weighted by molar-refractivity contribution is 4.88. The van der Waals surface area contributed by atoms with Crippen LogP contribution in [0.15, 0.2) is 17.0 Å². The van der Waals surface area contributed by atoms with Crippen molar-refractivity contribution in [3.63, 3.8) is 0 Å². The van der Waals surface area contributed by atoms with Crippen LogP contribution in [0.4, 0.5) is 0 Å². The van der Waals surface area contributed by atoms with Gasteiger partial charge in [-0.05, 0) is 31.6 Å². The third kappa shape index (κ3) is 3.34. The van der Waals surface area contributed by atoms with E-state index < -0.39 is 0 Å². The Hall–Kier alpha value is -0.830. The van der Waals surface area contributed by atoms with Gasteiger partial charge in [-0.3, -0.25) is 0 Å². The van der Waals surface area contributed by atoms with Gasteiger partial charge in [-0.1, -0.05) is 19.8 Å². The molecule has 1 aliphatic carbocycles. The number of oxazole rings is 1. The lowest BCUT2D eigenvalue weighted by molar-refractivity contribution is 0.273. The molecule has 3 heteroatoms. The minimum absolute atomic E-state index is 0.679. The van der Waals surface area contributed by atoms with Crippen molar-refractivity contribution in [3.8, 4) is 0 Å². The molecule has 1 aliphatic rings. The minimum atomic E-state index is 0.679. The summed E-state index contributed by atoms with van der Waals surface area (Å²) in [5.74, 6) is 1.92. The van der Waals surface area contributed by atoms with E-state index in [1.165, 1.54) is 44.9 Å². The Morgan fingerprint density at radius 1 is 1.38 bits per heavy atom. The van der Waals surface area contributed by atoms with Gasteiger partial charge in [-0.25, -0.2) is 4.98 Å². The van der Waals surface area contributed by atoms with Crippen LogP contribution in [0.3, 0.4) is 0 Å². The number of nitrogens with one attached hydrogen (secondary N) is 1. The molecule has 1 aromatic rings. The van der Waals surface area contributed by atoms with Crippen LogP contribution in [-0.4, -0.2) is 11.0 Å². The topological polar surface area (TPSA) is 38.1 Å². The Morgan fingerprint density at radius 2 is 2.19 bits per heavy atom. The highest BCUT2D eigenvalue weighted by atomic mass is 16.3. The van der Waals surface area contributed by atoms with Gasteiger partial charge in [0.1, 0.15) is 5.76 Å². The Labute approximate surface area is 97.6 Å². The van der Waals surface area contributed by atoms with Gasteiger partial charge in [-0.2, -0.15) is 0 Å². The molecule has 1 aromatic heterocycles. The molecule has 0 atom stereocenters. The summed E-state index contributed by atoms with van der Waals surface area (Å²) in [5.41, 5.74) is 0. The van der Waals surface area contributed by atoms with E-state index in [1.807, 2.05) is 0 Å². The summed E-state index contributed by atoms with van der Waals surface area (Å²) in [7, 11) is 0. The molecule has 0 saturated heterocycles. The zero-order chi connectivity index (χ0) is 11.2. The van der Waals surface area contributed by atoms with Crippen LogP contribution in [0, 0.1) is 5.92 Å². The predicted molar refractivity (Wildman–Crippen MR) is 64.0 cm³/mol. The van der Waals surface area contributed by atoms with Gasteiger partial charge in [0.2, 0.25) is 0 Å². The number of hydrogen-bond donors (Lipinski definition) is 1. The lowest BCUT2D eigenvalue weighted by Gasteiger charge is -2.28. The van der Waals surface area contributed by atoms with E-state index >= 15 is 0 Å². The Kier molecular flexibility index (Phi) is 4.40. The van der Waals surface area contributed by atoms with Crippen molar-refractivity contribution in [3.05, 3.63) is 18.4 Å². The first-order valence-electron chi connectivity index (χ1n) is 6.49. The lowest BCUT2D eigenvalue weighted by Crippen LogP contribution is -2.32. The molecule has 1 saturated carbocycles. The second-order valence-corrected chi connectivity index (χ2v) is 4.85. The molecule has 0 aromatic carbocycles. The second kappa shape index (κ2) is 6.04. The molecule has 1 N–H and O–H groups in total. The monoisotopic (exact) mass is 222 g/mol. The molecule has 16 heavy (non-hydrogen) atoms. The van der Waals surface area contributed by atoms with Crippen LogP contribution in [0.5, 0.6) is 0 Å². The van der Waals surface area contributed by atoms with Crippen LogP contribution >= 0.6 is 0 Å². The van der Waals surface area contributed by atoms with Crippen molar-refractivity contribution < 1.29 is 4.42 Å². The highest BCUT2D eigenvalue weighted by Crippen LogP contribution is 2.27. The zero-order valence-electron chi connectivity index (χ0n) is 10.1. The van der Waals surface area contributed by atoms with E-state index in [2.05, 4.69) is 17.2 Å². The Balaban J connectivity index is 1.65. The summed E-state index contributed by atoms with van der Waals surface area (Å²) < 4.78 is 5.21. The van der Waals surface area contributed by atoms with Crippen LogP contribution in [0.2, 0.25) is 0 Å². The van der Waals surface area contributed by atoms with Gasteiger partial charge in [0, 0.05) is 6.04 Å². The summed E-state index contributed by atoms with van der Waals surface area (Å²) in [5, 5.41) is 3.55. The average Bonchev–Trinajstić information content (AvgIpc) is 2.82. The predicted octanol–water partition coefficient (Wildman–Crippen LogP) is 3.12. The molecule has 0 bridgehead atoms. The molecule has 0 amide bonds. The number of rotatable bonds is 5. The molecular weight excluding hydrogens is 200 g/mol. The fourth-order valence-corrected chi connectivity index (χ4v) is 2.64. The Bertz CT molecular complexity index is 276. The molecule has 0 unspecified atom stereocenters. The van der Waals surface area contributed by atoms with E-state index in [4.69, 9.17) is 4.42 Å². The summed E-state index contributed by atoms with van der Waals surface area (Å²) in [4.78, 5) is 3.92. The van der Waals surface area contributed by atoms with E-state index in [0.29, 0.717) is 6.04 Å². The first-order valence-corrected chi connectivity index (χ1v) is 6.49. The largest absolute Gasteiger partial charge is 0.447 e. The van der Waals surface area contributed by atoms with Crippen molar-refractivity contribution in [2.24, 2.45) is 5.92 Å². The minimum Gasteiger partial charge on any atom is -0.447 e. The van der Waals surface area contributed by atoms with Gasteiger partial charge in [0.05, 0.1) is 12.7 Å². The van der Waals surface area contributed by atoms with Gasteiger partial charge in [-0.15, -0.1) is 0 Å². The number of nitrogens with zero attached hydrogens (tertiary/aromatic N) is 1. The van der Waals surface area contributed by atoms with Crippen LogP contribution in [-0.2, 0) is 6.54 Å². The van der Waals surface area contributed by atoms with Gasteiger partial charge >= 0.3 is 0 Å². The molecule has 1 heterocycles. The van der Waals surface area contributed by atoms with Crippen LogP contribution < -0.4 is 5.32 Å². The maximum atomic E-state index is 5.21. The molecule has 0 radical (unpaired) electrons. The molecule has 2 rings (SSSR count). The first kappa shape index (κ1) is 11.6. The standard InChI is InChI=1S/C13H22N2O/c1-2-3-11-4-6-12(7-5-11)15-9-13-8-14-10-16-13/h8,10-12,15H,2-7,9H2,1H3. The smallest absolute Gasteiger partial charge is 0.180 e. The average molecular weight is 222 g/mol. The van der Waals surface area contributed by atoms with Crippen molar-refractivity contribution in [2.75, 3.05) is 0 Å². The third-order valence-electron chi connectivity index (χ3n) is 3.59. The van der Waals surface area contributed by atoms with E-state index in [9.17, 15) is 0 Å². The van der Waals surface area contributed by atoms with Crippen molar-refractivity contribution in [1.29, 1.82) is 0 Å². The van der Waals surface area contributed by atoms with Crippen LogP contribution in [0.1, 0.15) is 51.2 Å². The summed E-state index contributed by atoms with van der Waals surface area (Å²) >= 11 is 0. The quantitative estimate of drug-likeness (QED) is 0.831. The molecule has 3 nitrogen and oxygen atoms in total. The molecule has 90 valence electrons. The fourth-order valence-electron chi connectivity index (χ4n) is 2.64. The maximum Gasteiger partial charge on any atom is 0.180 e. The SMILES string of the molecule is CCCC1CCC(NCc2cnco2)CC1. The zero-order valence-corrected chi connectivity index (χ0v) is 10.1.